The quantitative estimate of drug-likeness (QED) is 0.846. The molecule has 0 aliphatic rings. The SMILES string of the molecule is C=CC(=O)NCCn1nc(C)c(Br)c1C. The molecule has 4 nitrogen and oxygen atoms in total. The first-order chi connectivity index (χ1) is 7.06. The zero-order valence-electron chi connectivity index (χ0n) is 8.88. The molecule has 0 atom stereocenters. The van der Waals surface area contributed by atoms with E-state index in [1.165, 1.54) is 6.08 Å². The summed E-state index contributed by atoms with van der Waals surface area (Å²) < 4.78 is 2.89. The van der Waals surface area contributed by atoms with Crippen molar-refractivity contribution in [3.8, 4) is 0 Å². The van der Waals surface area contributed by atoms with Gasteiger partial charge < -0.3 is 5.32 Å². The van der Waals surface area contributed by atoms with Gasteiger partial charge in [0.25, 0.3) is 0 Å². The number of nitrogens with zero attached hydrogens (tertiary/aromatic N) is 2. The van der Waals surface area contributed by atoms with Crippen LogP contribution in [0.1, 0.15) is 11.4 Å². The fourth-order valence-corrected chi connectivity index (χ4v) is 1.53. The predicted molar refractivity (Wildman–Crippen MR) is 62.6 cm³/mol. The van der Waals surface area contributed by atoms with Gasteiger partial charge in [-0.3, -0.25) is 9.48 Å². The molecule has 0 spiro atoms. The van der Waals surface area contributed by atoms with Gasteiger partial charge in [-0.05, 0) is 35.9 Å². The zero-order chi connectivity index (χ0) is 11.4. The lowest BCUT2D eigenvalue weighted by Gasteiger charge is -2.04. The number of nitrogens with one attached hydrogen (secondary N) is 1. The Morgan fingerprint density at radius 2 is 2.33 bits per heavy atom. The molecule has 1 heterocycles. The van der Waals surface area contributed by atoms with E-state index < -0.39 is 0 Å². The van der Waals surface area contributed by atoms with E-state index in [4.69, 9.17) is 0 Å². The van der Waals surface area contributed by atoms with E-state index in [9.17, 15) is 4.79 Å². The maximum atomic E-state index is 10.9. The molecule has 5 heteroatoms. The molecule has 0 aliphatic heterocycles. The van der Waals surface area contributed by atoms with Gasteiger partial charge in [-0.2, -0.15) is 5.10 Å². The number of carbonyl (C=O) groups excluding carboxylic acids is 1. The van der Waals surface area contributed by atoms with Crippen LogP contribution in [0.15, 0.2) is 17.1 Å². The maximum Gasteiger partial charge on any atom is 0.243 e. The third-order valence-corrected chi connectivity index (χ3v) is 3.25. The number of aryl methyl sites for hydroxylation is 1. The molecule has 0 bridgehead atoms. The summed E-state index contributed by atoms with van der Waals surface area (Å²) in [6.07, 6.45) is 1.26. The van der Waals surface area contributed by atoms with Gasteiger partial charge >= 0.3 is 0 Å². The summed E-state index contributed by atoms with van der Waals surface area (Å²) in [4.78, 5) is 10.9. The van der Waals surface area contributed by atoms with Crippen LogP contribution in [0.5, 0.6) is 0 Å². The van der Waals surface area contributed by atoms with Crippen LogP contribution in [0, 0.1) is 13.8 Å². The van der Waals surface area contributed by atoms with Crippen LogP contribution >= 0.6 is 15.9 Å². The number of hydrogen-bond donors (Lipinski definition) is 1. The molecule has 0 unspecified atom stereocenters. The highest BCUT2D eigenvalue weighted by molar-refractivity contribution is 9.10. The second-order valence-electron chi connectivity index (χ2n) is 3.20. The Bertz CT molecular complexity index is 384. The van der Waals surface area contributed by atoms with Crippen LogP contribution in [-0.4, -0.2) is 22.2 Å². The van der Waals surface area contributed by atoms with Crippen LogP contribution in [0.25, 0.3) is 0 Å². The van der Waals surface area contributed by atoms with Crippen LogP contribution in [0.3, 0.4) is 0 Å². The van der Waals surface area contributed by atoms with Gasteiger partial charge in [0.1, 0.15) is 0 Å². The Morgan fingerprint density at radius 3 is 2.80 bits per heavy atom. The van der Waals surface area contributed by atoms with Crippen molar-refractivity contribution in [1.82, 2.24) is 15.1 Å². The number of aromatic nitrogens is 2. The van der Waals surface area contributed by atoms with Crippen molar-refractivity contribution in [1.29, 1.82) is 0 Å². The Morgan fingerprint density at radius 1 is 1.67 bits per heavy atom. The minimum absolute atomic E-state index is 0.157. The fraction of sp³-hybridized carbons (Fsp3) is 0.400. The third kappa shape index (κ3) is 2.92. The van der Waals surface area contributed by atoms with Gasteiger partial charge in [0, 0.05) is 12.2 Å². The molecular weight excluding hydrogens is 258 g/mol. The summed E-state index contributed by atoms with van der Waals surface area (Å²) >= 11 is 3.45. The van der Waals surface area contributed by atoms with Crippen LogP contribution in [0.2, 0.25) is 0 Å². The molecule has 0 saturated heterocycles. The van der Waals surface area contributed by atoms with E-state index in [0.717, 1.165) is 15.9 Å². The molecule has 0 aromatic carbocycles. The molecule has 15 heavy (non-hydrogen) atoms. The Labute approximate surface area is 97.5 Å². The number of hydrogen-bond acceptors (Lipinski definition) is 2. The van der Waals surface area contributed by atoms with Crippen molar-refractivity contribution in [2.75, 3.05) is 6.54 Å². The molecule has 0 saturated carbocycles. The van der Waals surface area contributed by atoms with Crippen LogP contribution in [-0.2, 0) is 11.3 Å². The largest absolute Gasteiger partial charge is 0.351 e. The lowest BCUT2D eigenvalue weighted by Crippen LogP contribution is -2.25. The van der Waals surface area contributed by atoms with E-state index in [0.29, 0.717) is 13.1 Å². The van der Waals surface area contributed by atoms with E-state index in [2.05, 4.69) is 32.9 Å². The van der Waals surface area contributed by atoms with Crippen LogP contribution in [0.4, 0.5) is 0 Å². The minimum Gasteiger partial charge on any atom is -0.351 e. The van der Waals surface area contributed by atoms with Crippen molar-refractivity contribution < 1.29 is 4.79 Å². The minimum atomic E-state index is -0.157. The topological polar surface area (TPSA) is 46.9 Å². The molecule has 1 aromatic heterocycles. The molecule has 82 valence electrons. The first kappa shape index (κ1) is 12.0. The Kier molecular flexibility index (Phi) is 4.08. The highest BCUT2D eigenvalue weighted by Crippen LogP contribution is 2.19. The predicted octanol–water partition coefficient (Wildman–Crippen LogP) is 1.56. The van der Waals surface area contributed by atoms with Crippen molar-refractivity contribution in [2.45, 2.75) is 20.4 Å². The molecule has 0 aliphatic carbocycles. The highest BCUT2D eigenvalue weighted by Gasteiger charge is 2.07. The third-order valence-electron chi connectivity index (χ3n) is 2.10. The Balaban J connectivity index is 2.54. The van der Waals surface area contributed by atoms with Gasteiger partial charge in [0.2, 0.25) is 5.91 Å². The number of rotatable bonds is 4. The zero-order valence-corrected chi connectivity index (χ0v) is 10.5. The van der Waals surface area contributed by atoms with Crippen molar-refractivity contribution >= 4 is 21.8 Å². The molecule has 1 rings (SSSR count). The summed E-state index contributed by atoms with van der Waals surface area (Å²) in [5.41, 5.74) is 2.03. The molecule has 1 N–H and O–H groups in total. The van der Waals surface area contributed by atoms with Gasteiger partial charge in [0.05, 0.1) is 16.7 Å². The smallest absolute Gasteiger partial charge is 0.243 e. The van der Waals surface area contributed by atoms with Crippen molar-refractivity contribution in [2.24, 2.45) is 0 Å². The average molecular weight is 272 g/mol. The second kappa shape index (κ2) is 5.11. The first-order valence-corrected chi connectivity index (χ1v) is 5.45. The second-order valence-corrected chi connectivity index (χ2v) is 4.00. The van der Waals surface area contributed by atoms with Gasteiger partial charge in [0.15, 0.2) is 0 Å². The first-order valence-electron chi connectivity index (χ1n) is 4.66. The molecule has 1 aromatic rings. The molecule has 0 radical (unpaired) electrons. The normalized spacial score (nSPS) is 10.1. The summed E-state index contributed by atoms with van der Waals surface area (Å²) in [6.45, 7) is 8.53. The highest BCUT2D eigenvalue weighted by atomic mass is 79.9. The Hall–Kier alpha value is -1.10. The number of amides is 1. The molecule has 1 amide bonds. The van der Waals surface area contributed by atoms with E-state index in [-0.39, 0.29) is 5.91 Å². The summed E-state index contributed by atoms with van der Waals surface area (Å²) in [5, 5.41) is 7.03. The van der Waals surface area contributed by atoms with Crippen molar-refractivity contribution in [3.05, 3.63) is 28.5 Å². The van der Waals surface area contributed by atoms with E-state index >= 15 is 0 Å². The van der Waals surface area contributed by atoms with Gasteiger partial charge in [-0.15, -0.1) is 0 Å². The van der Waals surface area contributed by atoms with E-state index in [1.807, 2.05) is 18.5 Å². The summed E-state index contributed by atoms with van der Waals surface area (Å²) in [7, 11) is 0. The lowest BCUT2D eigenvalue weighted by atomic mass is 10.4. The summed E-state index contributed by atoms with van der Waals surface area (Å²) in [6, 6.07) is 0. The van der Waals surface area contributed by atoms with E-state index in [1.54, 1.807) is 0 Å². The van der Waals surface area contributed by atoms with Gasteiger partial charge in [-0.25, -0.2) is 0 Å². The van der Waals surface area contributed by atoms with Crippen molar-refractivity contribution in [3.63, 3.8) is 0 Å². The lowest BCUT2D eigenvalue weighted by molar-refractivity contribution is -0.116. The monoisotopic (exact) mass is 271 g/mol. The standard InChI is InChI=1S/C10H14BrN3O/c1-4-9(15)12-5-6-14-8(3)10(11)7(2)13-14/h4H,1,5-6H2,2-3H3,(H,12,15). The summed E-state index contributed by atoms with van der Waals surface area (Å²) in [5.74, 6) is -0.157. The average Bonchev–Trinajstić information content (AvgIpc) is 2.46. The fourth-order valence-electron chi connectivity index (χ4n) is 1.25. The molecular formula is C10H14BrN3O. The van der Waals surface area contributed by atoms with Crippen LogP contribution < -0.4 is 5.32 Å². The number of carbonyl (C=O) groups is 1. The number of halogens is 1. The molecule has 0 fully saturated rings. The maximum absolute atomic E-state index is 10.9. The van der Waals surface area contributed by atoms with Gasteiger partial charge in [-0.1, -0.05) is 6.58 Å².